The Kier molecular flexibility index (Phi) is 32.5. The van der Waals surface area contributed by atoms with Crippen LogP contribution >= 0.6 is 0 Å². The quantitative estimate of drug-likeness (QED) is 0.327. The predicted octanol–water partition coefficient (Wildman–Crippen LogP) is 2.09. The van der Waals surface area contributed by atoms with Crippen LogP contribution in [0.2, 0.25) is 0 Å². The molecule has 0 radical (unpaired) electrons. The summed E-state index contributed by atoms with van der Waals surface area (Å²) < 4.78 is 0. The first-order chi connectivity index (χ1) is 11.5. The zero-order valence-corrected chi connectivity index (χ0v) is 20.1. The van der Waals surface area contributed by atoms with E-state index in [1.165, 1.54) is 64.2 Å². The van der Waals surface area contributed by atoms with Crippen molar-refractivity contribution in [2.45, 2.75) is 117 Å². The molecule has 4 nitrogen and oxygen atoms in total. The molecule has 25 heavy (non-hydrogen) atoms. The van der Waals surface area contributed by atoms with Crippen molar-refractivity contribution in [3.05, 3.63) is 0 Å². The van der Waals surface area contributed by atoms with Crippen LogP contribution in [0.1, 0.15) is 117 Å². The van der Waals surface area contributed by atoms with Crippen molar-refractivity contribution in [1.29, 1.82) is 0 Å². The third kappa shape index (κ3) is 36.3. The molecule has 144 valence electrons. The van der Waals surface area contributed by atoms with Gasteiger partial charge >= 0.3 is 57.4 Å². The molecule has 0 spiro atoms. The third-order valence-electron chi connectivity index (χ3n) is 3.98. The van der Waals surface area contributed by atoms with E-state index in [0.29, 0.717) is 6.42 Å². The van der Waals surface area contributed by atoms with Gasteiger partial charge in [-0.25, -0.2) is 0 Å². The van der Waals surface area contributed by atoms with E-state index >= 15 is 0 Å². The Morgan fingerprint density at radius 2 is 0.960 bits per heavy atom. The Labute approximate surface area is 198 Å². The van der Waals surface area contributed by atoms with E-state index in [4.69, 9.17) is 5.11 Å². The summed E-state index contributed by atoms with van der Waals surface area (Å²) in [7, 11) is 0. The largest absolute Gasteiger partial charge is 1.00 e. The number of hydrogen-bond donors (Lipinski definition) is 1. The van der Waals surface area contributed by atoms with Crippen LogP contribution in [0.4, 0.5) is 0 Å². The number of carboxylic acid groups (broad SMARTS) is 2. The zero-order chi connectivity index (χ0) is 18.5. The van der Waals surface area contributed by atoms with Gasteiger partial charge in [0, 0.05) is 12.4 Å². The number of rotatable bonds is 16. The standard InChI is InChI=1S/2C10H20O2.K/c2*1-2-3-4-5-6-7-8-9-10(11)12;/h2*2-9H2,1H3,(H,11,12);/q;;+1/p-1. The molecular formula is C20H39KO4. The number of carboxylic acids is 2. The van der Waals surface area contributed by atoms with Crippen LogP contribution in [-0.4, -0.2) is 17.0 Å². The van der Waals surface area contributed by atoms with Gasteiger partial charge in [-0.2, -0.15) is 0 Å². The number of unbranched alkanes of at least 4 members (excludes halogenated alkanes) is 12. The zero-order valence-electron chi connectivity index (χ0n) is 17.0. The topological polar surface area (TPSA) is 77.4 Å². The van der Waals surface area contributed by atoms with Gasteiger partial charge in [0.2, 0.25) is 0 Å². The molecule has 0 heterocycles. The Balaban J connectivity index is -0.000000372. The normalized spacial score (nSPS) is 9.68. The van der Waals surface area contributed by atoms with Gasteiger partial charge in [0.05, 0.1) is 0 Å². The van der Waals surface area contributed by atoms with Gasteiger partial charge in [-0.3, -0.25) is 4.79 Å². The van der Waals surface area contributed by atoms with Crippen LogP contribution in [0.3, 0.4) is 0 Å². The molecule has 0 saturated heterocycles. The third-order valence-corrected chi connectivity index (χ3v) is 3.98. The van der Waals surface area contributed by atoms with E-state index in [-0.39, 0.29) is 57.8 Å². The molecule has 0 unspecified atom stereocenters. The molecule has 0 aromatic heterocycles. The maximum atomic E-state index is 10.1. The maximum absolute atomic E-state index is 10.1. The summed E-state index contributed by atoms with van der Waals surface area (Å²) >= 11 is 0. The van der Waals surface area contributed by atoms with Crippen molar-refractivity contribution in [2.24, 2.45) is 0 Å². The van der Waals surface area contributed by atoms with E-state index in [1.54, 1.807) is 0 Å². The van der Waals surface area contributed by atoms with Crippen molar-refractivity contribution >= 4 is 11.9 Å². The number of carbonyl (C=O) groups excluding carboxylic acids is 1. The predicted molar refractivity (Wildman–Crippen MR) is 97.9 cm³/mol. The molecule has 0 aliphatic carbocycles. The van der Waals surface area contributed by atoms with Gasteiger partial charge in [-0.1, -0.05) is 90.9 Å². The second-order valence-electron chi connectivity index (χ2n) is 6.51. The summed E-state index contributed by atoms with van der Waals surface area (Å²) in [5.74, 6) is -1.58. The number of carbonyl (C=O) groups is 2. The van der Waals surface area contributed by atoms with Gasteiger partial charge in [0.25, 0.3) is 0 Å². The van der Waals surface area contributed by atoms with Crippen LogP contribution in [0.15, 0.2) is 0 Å². The Morgan fingerprint density at radius 3 is 1.28 bits per heavy atom. The first-order valence-corrected chi connectivity index (χ1v) is 9.96. The first-order valence-electron chi connectivity index (χ1n) is 9.96. The fourth-order valence-electron chi connectivity index (χ4n) is 2.46. The van der Waals surface area contributed by atoms with E-state index in [9.17, 15) is 14.7 Å². The number of hydrogen-bond acceptors (Lipinski definition) is 3. The van der Waals surface area contributed by atoms with Gasteiger partial charge < -0.3 is 15.0 Å². The summed E-state index contributed by atoms with van der Waals surface area (Å²) in [4.78, 5) is 20.2. The summed E-state index contributed by atoms with van der Waals surface area (Å²) in [6.45, 7) is 4.39. The van der Waals surface area contributed by atoms with E-state index in [2.05, 4.69) is 13.8 Å². The van der Waals surface area contributed by atoms with Crippen molar-refractivity contribution < 1.29 is 71.2 Å². The summed E-state index contributed by atoms with van der Waals surface area (Å²) in [5, 5.41) is 18.4. The fraction of sp³-hybridized carbons (Fsp3) is 0.900. The van der Waals surface area contributed by atoms with Crippen LogP contribution < -0.4 is 56.5 Å². The molecule has 0 fully saturated rings. The molecule has 0 atom stereocenters. The Hall–Kier alpha value is 0.576. The fourth-order valence-corrected chi connectivity index (χ4v) is 2.46. The molecule has 0 aromatic carbocycles. The summed E-state index contributed by atoms with van der Waals surface area (Å²) in [6.07, 6.45) is 17.0. The molecule has 0 aliphatic rings. The van der Waals surface area contributed by atoms with Gasteiger partial charge in [-0.15, -0.1) is 0 Å². The van der Waals surface area contributed by atoms with E-state index in [1.807, 2.05) is 0 Å². The van der Waals surface area contributed by atoms with E-state index < -0.39 is 11.9 Å². The van der Waals surface area contributed by atoms with Crippen molar-refractivity contribution in [3.63, 3.8) is 0 Å². The smallest absolute Gasteiger partial charge is 0.550 e. The van der Waals surface area contributed by atoms with E-state index in [0.717, 1.165) is 25.7 Å². The van der Waals surface area contributed by atoms with Crippen LogP contribution in [0.25, 0.3) is 0 Å². The second kappa shape index (κ2) is 26.8. The van der Waals surface area contributed by atoms with Crippen molar-refractivity contribution in [3.8, 4) is 0 Å². The minimum absolute atomic E-state index is 0. The molecule has 0 amide bonds. The van der Waals surface area contributed by atoms with Gasteiger partial charge in [0.1, 0.15) is 0 Å². The Morgan fingerprint density at radius 1 is 0.640 bits per heavy atom. The monoisotopic (exact) mass is 382 g/mol. The molecule has 1 N–H and O–H groups in total. The van der Waals surface area contributed by atoms with Crippen LogP contribution in [-0.2, 0) is 9.59 Å². The van der Waals surface area contributed by atoms with Crippen LogP contribution in [0.5, 0.6) is 0 Å². The van der Waals surface area contributed by atoms with Gasteiger partial charge in [-0.05, 0) is 19.3 Å². The average Bonchev–Trinajstić information content (AvgIpc) is 2.53. The average molecular weight is 383 g/mol. The molecule has 0 saturated carbocycles. The second-order valence-corrected chi connectivity index (χ2v) is 6.51. The molecule has 5 heteroatoms. The Bertz CT molecular complexity index is 255. The van der Waals surface area contributed by atoms with Crippen LogP contribution in [0, 0.1) is 0 Å². The van der Waals surface area contributed by atoms with Crippen molar-refractivity contribution in [1.82, 2.24) is 0 Å². The first kappa shape index (κ1) is 30.3. The van der Waals surface area contributed by atoms with Crippen molar-refractivity contribution in [2.75, 3.05) is 0 Å². The molecule has 0 aliphatic heterocycles. The number of aliphatic carboxylic acids is 2. The molecule has 0 bridgehead atoms. The maximum Gasteiger partial charge on any atom is 1.00 e. The summed E-state index contributed by atoms with van der Waals surface area (Å²) in [5.41, 5.74) is 0. The molecular weight excluding hydrogens is 343 g/mol. The summed E-state index contributed by atoms with van der Waals surface area (Å²) in [6, 6.07) is 0. The minimum atomic E-state index is -0.913. The van der Waals surface area contributed by atoms with Gasteiger partial charge in [0.15, 0.2) is 0 Å². The molecule has 0 rings (SSSR count). The SMILES string of the molecule is CCCCCCCCCC(=O)O.CCCCCCCCCC(=O)[O-].[K+]. The molecule has 0 aromatic rings. The minimum Gasteiger partial charge on any atom is -0.550 e.